The molecule has 4 aromatic rings. The fourth-order valence-corrected chi connectivity index (χ4v) is 4.80. The van der Waals surface area contributed by atoms with Crippen LogP contribution in [0, 0.1) is 6.92 Å². The van der Waals surface area contributed by atoms with Crippen molar-refractivity contribution in [2.24, 2.45) is 0 Å². The van der Waals surface area contributed by atoms with Crippen LogP contribution in [0.3, 0.4) is 0 Å². The molecular formula is C28H27N3O6S. The molecule has 4 rings (SSSR count). The summed E-state index contributed by atoms with van der Waals surface area (Å²) in [6.07, 6.45) is 3.90. The molecule has 9 nitrogen and oxygen atoms in total. The van der Waals surface area contributed by atoms with Gasteiger partial charge in [0.05, 0.1) is 22.9 Å². The fourth-order valence-electron chi connectivity index (χ4n) is 3.71. The van der Waals surface area contributed by atoms with Crippen LogP contribution < -0.4 is 10.0 Å². The SMILES string of the molecule is Cc1ccc(O)c(-c2cccc(S(=O)(=O)Nc3ccc(C(=O)OCCCNc4cccnc4)c(O)c3)c2)c1. The van der Waals surface area contributed by atoms with Gasteiger partial charge >= 0.3 is 5.97 Å². The number of phenolic OH excluding ortho intramolecular Hbond substituents is 2. The molecule has 38 heavy (non-hydrogen) atoms. The smallest absolute Gasteiger partial charge is 0.341 e. The monoisotopic (exact) mass is 533 g/mol. The molecule has 10 heteroatoms. The number of benzene rings is 3. The number of anilines is 2. The van der Waals surface area contributed by atoms with Crippen LogP contribution >= 0.6 is 0 Å². The molecule has 0 radical (unpaired) electrons. The zero-order valence-corrected chi connectivity index (χ0v) is 21.4. The van der Waals surface area contributed by atoms with E-state index < -0.39 is 21.7 Å². The normalized spacial score (nSPS) is 11.1. The minimum atomic E-state index is -4.03. The number of pyridine rings is 1. The maximum absolute atomic E-state index is 13.0. The van der Waals surface area contributed by atoms with E-state index in [9.17, 15) is 23.4 Å². The first-order chi connectivity index (χ1) is 18.2. The molecule has 0 spiro atoms. The van der Waals surface area contributed by atoms with Crippen molar-refractivity contribution in [1.29, 1.82) is 0 Å². The van der Waals surface area contributed by atoms with Gasteiger partial charge in [-0.1, -0.05) is 23.8 Å². The van der Waals surface area contributed by atoms with Crippen LogP contribution in [0.1, 0.15) is 22.3 Å². The van der Waals surface area contributed by atoms with Crippen LogP contribution in [0.2, 0.25) is 0 Å². The molecule has 0 fully saturated rings. The highest BCUT2D eigenvalue weighted by molar-refractivity contribution is 7.92. The summed E-state index contributed by atoms with van der Waals surface area (Å²) in [6.45, 7) is 2.57. The first-order valence-corrected chi connectivity index (χ1v) is 13.3. The van der Waals surface area contributed by atoms with Crippen molar-refractivity contribution in [2.45, 2.75) is 18.2 Å². The van der Waals surface area contributed by atoms with E-state index in [1.54, 1.807) is 42.7 Å². The van der Waals surface area contributed by atoms with Crippen molar-refractivity contribution < 1.29 is 28.2 Å². The topological polar surface area (TPSA) is 138 Å². The molecule has 3 aromatic carbocycles. The predicted molar refractivity (Wildman–Crippen MR) is 145 cm³/mol. The number of phenols is 2. The number of hydrogen-bond donors (Lipinski definition) is 4. The van der Waals surface area contributed by atoms with Gasteiger partial charge in [0, 0.05) is 30.6 Å². The number of aryl methyl sites for hydroxylation is 1. The highest BCUT2D eigenvalue weighted by Crippen LogP contribution is 2.32. The molecule has 0 aliphatic carbocycles. The first kappa shape index (κ1) is 26.5. The number of nitrogens with zero attached hydrogens (tertiary/aromatic N) is 1. The number of esters is 1. The molecule has 0 aliphatic rings. The number of carbonyl (C=O) groups is 1. The number of carbonyl (C=O) groups excluding carboxylic acids is 1. The largest absolute Gasteiger partial charge is 0.507 e. The number of hydrogen-bond acceptors (Lipinski definition) is 8. The van der Waals surface area contributed by atoms with Gasteiger partial charge in [-0.25, -0.2) is 13.2 Å². The molecule has 0 bridgehead atoms. The summed E-state index contributed by atoms with van der Waals surface area (Å²) in [6, 6.07) is 18.7. The fraction of sp³-hybridized carbons (Fsp3) is 0.143. The van der Waals surface area contributed by atoms with Gasteiger partial charge in [-0.05, 0) is 67.4 Å². The van der Waals surface area contributed by atoms with Gasteiger partial charge in [0.15, 0.2) is 0 Å². The molecule has 0 saturated carbocycles. The summed E-state index contributed by atoms with van der Waals surface area (Å²) in [7, 11) is -4.03. The molecule has 0 saturated heterocycles. The van der Waals surface area contributed by atoms with E-state index in [4.69, 9.17) is 4.74 Å². The Kier molecular flexibility index (Phi) is 8.12. The lowest BCUT2D eigenvalue weighted by Gasteiger charge is -2.12. The number of nitrogens with one attached hydrogen (secondary N) is 2. The van der Waals surface area contributed by atoms with Crippen LogP contribution in [0.5, 0.6) is 11.5 Å². The third kappa shape index (κ3) is 6.60. The molecule has 196 valence electrons. The summed E-state index contributed by atoms with van der Waals surface area (Å²) in [4.78, 5) is 16.3. The lowest BCUT2D eigenvalue weighted by atomic mass is 10.0. The molecule has 0 atom stereocenters. The third-order valence-corrected chi connectivity index (χ3v) is 7.00. The standard InChI is InChI=1S/C28H27N3O6S/c1-19-8-11-26(32)25(15-19)20-5-2-7-23(16-20)38(35,36)31-21-9-10-24(27(33)17-21)28(34)37-14-4-13-30-22-6-3-12-29-18-22/h2-3,5-12,15-18,30-33H,4,13-14H2,1H3. The van der Waals surface area contributed by atoms with E-state index in [-0.39, 0.29) is 28.5 Å². The Hall–Kier alpha value is -4.57. The van der Waals surface area contributed by atoms with Gasteiger partial charge in [-0.3, -0.25) is 9.71 Å². The van der Waals surface area contributed by atoms with E-state index in [0.717, 1.165) is 17.3 Å². The van der Waals surface area contributed by atoms with E-state index in [1.165, 1.54) is 24.3 Å². The van der Waals surface area contributed by atoms with Crippen LogP contribution in [0.4, 0.5) is 11.4 Å². The van der Waals surface area contributed by atoms with Crippen molar-refractivity contribution in [3.63, 3.8) is 0 Å². The van der Waals surface area contributed by atoms with Gasteiger partial charge in [0.1, 0.15) is 17.1 Å². The lowest BCUT2D eigenvalue weighted by molar-refractivity contribution is 0.0500. The zero-order valence-electron chi connectivity index (χ0n) is 20.6. The van der Waals surface area contributed by atoms with Crippen LogP contribution in [-0.4, -0.2) is 42.7 Å². The van der Waals surface area contributed by atoms with E-state index in [1.807, 2.05) is 19.1 Å². The second kappa shape index (κ2) is 11.7. The average molecular weight is 534 g/mol. The van der Waals surface area contributed by atoms with Crippen molar-refractivity contribution >= 4 is 27.4 Å². The average Bonchev–Trinajstić information content (AvgIpc) is 2.90. The van der Waals surface area contributed by atoms with Gasteiger partial charge in [-0.15, -0.1) is 0 Å². The molecule has 4 N–H and O–H groups in total. The van der Waals surface area contributed by atoms with Crippen LogP contribution in [-0.2, 0) is 14.8 Å². The highest BCUT2D eigenvalue weighted by atomic mass is 32.2. The summed E-state index contributed by atoms with van der Waals surface area (Å²) >= 11 is 0. The quantitative estimate of drug-likeness (QED) is 0.166. The molecule has 0 unspecified atom stereocenters. The minimum Gasteiger partial charge on any atom is -0.507 e. The Labute approximate surface area is 220 Å². The number of aromatic hydroxyl groups is 2. The Bertz CT molecular complexity index is 1540. The summed E-state index contributed by atoms with van der Waals surface area (Å²) in [5.41, 5.74) is 2.81. The van der Waals surface area contributed by atoms with Gasteiger partial charge in [-0.2, -0.15) is 0 Å². The highest BCUT2D eigenvalue weighted by Gasteiger charge is 2.19. The Morgan fingerprint density at radius 1 is 0.947 bits per heavy atom. The Balaban J connectivity index is 1.38. The molecule has 0 aliphatic heterocycles. The maximum atomic E-state index is 13.0. The second-order valence-corrected chi connectivity index (χ2v) is 10.2. The summed E-state index contributed by atoms with van der Waals surface area (Å²) in [5, 5.41) is 23.7. The summed E-state index contributed by atoms with van der Waals surface area (Å²) in [5.74, 6) is -1.10. The van der Waals surface area contributed by atoms with E-state index >= 15 is 0 Å². The van der Waals surface area contributed by atoms with Gasteiger partial charge in [0.25, 0.3) is 10.0 Å². The van der Waals surface area contributed by atoms with Crippen molar-refractivity contribution in [3.8, 4) is 22.6 Å². The summed E-state index contributed by atoms with van der Waals surface area (Å²) < 4.78 is 33.7. The molecule has 1 aromatic heterocycles. The number of sulfonamides is 1. The number of aromatic nitrogens is 1. The Morgan fingerprint density at radius 2 is 1.79 bits per heavy atom. The van der Waals surface area contributed by atoms with Crippen LogP contribution in [0.25, 0.3) is 11.1 Å². The van der Waals surface area contributed by atoms with Crippen molar-refractivity contribution in [2.75, 3.05) is 23.2 Å². The van der Waals surface area contributed by atoms with Gasteiger partial charge in [0.2, 0.25) is 0 Å². The zero-order chi connectivity index (χ0) is 27.1. The molecular weight excluding hydrogens is 506 g/mol. The molecule has 1 heterocycles. The first-order valence-electron chi connectivity index (χ1n) is 11.8. The number of rotatable bonds is 10. The van der Waals surface area contributed by atoms with Gasteiger partial charge < -0.3 is 20.3 Å². The minimum absolute atomic E-state index is 0.0289. The van der Waals surface area contributed by atoms with E-state index in [2.05, 4.69) is 15.0 Å². The lowest BCUT2D eigenvalue weighted by Crippen LogP contribution is -2.14. The number of ether oxygens (including phenoxy) is 1. The van der Waals surface area contributed by atoms with Crippen LogP contribution in [0.15, 0.2) is 90.1 Å². The third-order valence-electron chi connectivity index (χ3n) is 5.62. The predicted octanol–water partition coefficient (Wildman–Crippen LogP) is 4.93. The van der Waals surface area contributed by atoms with Crippen molar-refractivity contribution in [1.82, 2.24) is 4.98 Å². The van der Waals surface area contributed by atoms with Crippen molar-refractivity contribution in [3.05, 3.63) is 96.3 Å². The maximum Gasteiger partial charge on any atom is 0.341 e. The molecule has 0 amide bonds. The second-order valence-electron chi connectivity index (χ2n) is 8.54. The Morgan fingerprint density at radius 3 is 2.55 bits per heavy atom. The van der Waals surface area contributed by atoms with E-state index in [0.29, 0.717) is 24.1 Å².